The summed E-state index contributed by atoms with van der Waals surface area (Å²) in [4.78, 5) is 0. The van der Waals surface area contributed by atoms with Crippen LogP contribution in [0.3, 0.4) is 0 Å². The summed E-state index contributed by atoms with van der Waals surface area (Å²) in [6, 6.07) is 0.727. The molecule has 3 unspecified atom stereocenters. The molecule has 1 aliphatic rings. The topological polar surface area (TPSA) is 29.9 Å². The molecule has 1 saturated carbocycles. The van der Waals surface area contributed by atoms with Crippen molar-refractivity contribution >= 4 is 0 Å². The Balaban J connectivity index is 2.01. The zero-order valence-electron chi connectivity index (χ0n) is 10.6. The van der Waals surface area contributed by atoms with Gasteiger partial charge in [-0.05, 0) is 37.3 Å². The van der Waals surface area contributed by atoms with Crippen LogP contribution in [0.1, 0.15) is 45.1 Å². The van der Waals surface area contributed by atoms with Gasteiger partial charge in [-0.3, -0.25) is 4.68 Å². The van der Waals surface area contributed by atoms with Crippen LogP contribution < -0.4 is 5.32 Å². The molecule has 1 fully saturated rings. The van der Waals surface area contributed by atoms with Crippen molar-refractivity contribution in [3.05, 3.63) is 18.0 Å². The van der Waals surface area contributed by atoms with Gasteiger partial charge in [-0.25, -0.2) is 0 Å². The van der Waals surface area contributed by atoms with Gasteiger partial charge in [0.15, 0.2) is 0 Å². The van der Waals surface area contributed by atoms with Crippen LogP contribution in [0, 0.1) is 5.92 Å². The average molecular weight is 221 g/mol. The summed E-state index contributed by atoms with van der Waals surface area (Å²) in [6.07, 6.45) is 6.82. The predicted octanol–water partition coefficient (Wildman–Crippen LogP) is 2.39. The highest BCUT2D eigenvalue weighted by molar-refractivity contribution is 5.19. The molecule has 1 aromatic heterocycles. The van der Waals surface area contributed by atoms with Crippen molar-refractivity contribution < 1.29 is 0 Å². The molecule has 3 heteroatoms. The first kappa shape index (κ1) is 11.6. The van der Waals surface area contributed by atoms with Crippen LogP contribution in [-0.4, -0.2) is 22.4 Å². The summed E-state index contributed by atoms with van der Waals surface area (Å²) in [6.45, 7) is 8.68. The predicted molar refractivity (Wildman–Crippen MR) is 66.5 cm³/mol. The van der Waals surface area contributed by atoms with E-state index < -0.39 is 0 Å². The molecule has 1 N–H and O–H groups in total. The lowest BCUT2D eigenvalue weighted by Gasteiger charge is -2.44. The number of nitrogens with one attached hydrogen (secondary N) is 1. The molecule has 16 heavy (non-hydrogen) atoms. The zero-order chi connectivity index (χ0) is 11.5. The molecule has 0 aromatic carbocycles. The fraction of sp³-hybridized carbons (Fsp3) is 0.769. The third-order valence-corrected chi connectivity index (χ3v) is 3.88. The zero-order valence-corrected chi connectivity index (χ0v) is 10.6. The van der Waals surface area contributed by atoms with Crippen molar-refractivity contribution in [1.82, 2.24) is 15.1 Å². The highest BCUT2D eigenvalue weighted by atomic mass is 15.3. The second kappa shape index (κ2) is 5.00. The Morgan fingerprint density at radius 3 is 2.81 bits per heavy atom. The molecule has 90 valence electrons. The molecule has 0 saturated heterocycles. The smallest absolute Gasteiger partial charge is 0.0524 e. The van der Waals surface area contributed by atoms with Gasteiger partial charge in [0.2, 0.25) is 0 Å². The van der Waals surface area contributed by atoms with E-state index in [0.29, 0.717) is 0 Å². The van der Waals surface area contributed by atoms with E-state index in [-0.39, 0.29) is 0 Å². The summed E-state index contributed by atoms with van der Waals surface area (Å²) in [7, 11) is 0. The van der Waals surface area contributed by atoms with Crippen LogP contribution in [0.4, 0.5) is 0 Å². The van der Waals surface area contributed by atoms with Crippen LogP contribution in [0.15, 0.2) is 12.4 Å². The third-order valence-electron chi connectivity index (χ3n) is 3.88. The maximum atomic E-state index is 4.37. The average Bonchev–Trinajstić information content (AvgIpc) is 2.72. The van der Waals surface area contributed by atoms with Crippen molar-refractivity contribution in [2.75, 3.05) is 6.54 Å². The third kappa shape index (κ3) is 2.01. The Labute approximate surface area is 98.2 Å². The van der Waals surface area contributed by atoms with E-state index in [4.69, 9.17) is 0 Å². The van der Waals surface area contributed by atoms with Gasteiger partial charge in [-0.15, -0.1) is 0 Å². The Bertz CT molecular complexity index is 332. The number of hydrogen-bond donors (Lipinski definition) is 1. The largest absolute Gasteiger partial charge is 0.314 e. The second-order valence-electron chi connectivity index (χ2n) is 4.71. The maximum Gasteiger partial charge on any atom is 0.0524 e. The quantitative estimate of drug-likeness (QED) is 0.827. The van der Waals surface area contributed by atoms with Gasteiger partial charge in [-0.2, -0.15) is 5.10 Å². The molecular weight excluding hydrogens is 198 g/mol. The van der Waals surface area contributed by atoms with E-state index >= 15 is 0 Å². The number of nitrogens with zero attached hydrogens (tertiary/aromatic N) is 2. The molecule has 1 aliphatic carbocycles. The number of rotatable bonds is 5. The van der Waals surface area contributed by atoms with E-state index in [1.165, 1.54) is 18.4 Å². The summed E-state index contributed by atoms with van der Waals surface area (Å²) >= 11 is 0. The van der Waals surface area contributed by atoms with Gasteiger partial charge >= 0.3 is 0 Å². The summed E-state index contributed by atoms with van der Waals surface area (Å²) in [5.41, 5.74) is 1.43. The molecule has 0 aliphatic heterocycles. The summed E-state index contributed by atoms with van der Waals surface area (Å²) < 4.78 is 2.03. The van der Waals surface area contributed by atoms with Gasteiger partial charge in [0.05, 0.1) is 6.20 Å². The minimum Gasteiger partial charge on any atom is -0.314 e. The first-order valence-corrected chi connectivity index (χ1v) is 6.55. The first-order chi connectivity index (χ1) is 7.80. The Kier molecular flexibility index (Phi) is 3.64. The van der Waals surface area contributed by atoms with E-state index in [2.05, 4.69) is 43.6 Å². The fourth-order valence-corrected chi connectivity index (χ4v) is 2.90. The SMILES string of the molecule is CCNC1CC(c2cnn(CC)c2)C1CC. The molecule has 0 bridgehead atoms. The number of hydrogen-bond acceptors (Lipinski definition) is 2. The highest BCUT2D eigenvalue weighted by Gasteiger charge is 2.40. The minimum absolute atomic E-state index is 0.727. The first-order valence-electron chi connectivity index (χ1n) is 6.55. The van der Waals surface area contributed by atoms with E-state index in [0.717, 1.165) is 31.0 Å². The standard InChI is InChI=1S/C13H23N3/c1-4-11-12(7-13(11)14-5-2)10-8-15-16(6-3)9-10/h8-9,11-14H,4-7H2,1-3H3. The molecule has 0 radical (unpaired) electrons. The Morgan fingerprint density at radius 2 is 2.25 bits per heavy atom. The van der Waals surface area contributed by atoms with Gasteiger partial charge in [0, 0.05) is 18.8 Å². The van der Waals surface area contributed by atoms with E-state index in [1.807, 2.05) is 4.68 Å². The van der Waals surface area contributed by atoms with Crippen LogP contribution in [-0.2, 0) is 6.54 Å². The summed E-state index contributed by atoms with van der Waals surface area (Å²) in [5, 5.41) is 7.95. The highest BCUT2D eigenvalue weighted by Crippen LogP contribution is 2.44. The van der Waals surface area contributed by atoms with Crippen molar-refractivity contribution in [2.45, 2.75) is 52.1 Å². The molecule has 2 rings (SSSR count). The Hall–Kier alpha value is -0.830. The van der Waals surface area contributed by atoms with Crippen molar-refractivity contribution in [1.29, 1.82) is 0 Å². The monoisotopic (exact) mass is 221 g/mol. The lowest BCUT2D eigenvalue weighted by Crippen LogP contribution is -2.48. The van der Waals surface area contributed by atoms with Gasteiger partial charge in [-0.1, -0.05) is 20.3 Å². The fourth-order valence-electron chi connectivity index (χ4n) is 2.90. The molecule has 0 spiro atoms. The molecule has 1 aromatic rings. The second-order valence-corrected chi connectivity index (χ2v) is 4.71. The van der Waals surface area contributed by atoms with Crippen molar-refractivity contribution in [3.8, 4) is 0 Å². The van der Waals surface area contributed by atoms with E-state index in [1.54, 1.807) is 0 Å². The van der Waals surface area contributed by atoms with E-state index in [9.17, 15) is 0 Å². The van der Waals surface area contributed by atoms with Crippen LogP contribution in [0.5, 0.6) is 0 Å². The number of aromatic nitrogens is 2. The summed E-state index contributed by atoms with van der Waals surface area (Å²) in [5.74, 6) is 1.53. The molecule has 0 amide bonds. The lowest BCUT2D eigenvalue weighted by molar-refractivity contribution is 0.163. The normalized spacial score (nSPS) is 29.1. The molecule has 3 atom stereocenters. The molecule has 3 nitrogen and oxygen atoms in total. The van der Waals surface area contributed by atoms with Crippen LogP contribution in [0.25, 0.3) is 0 Å². The van der Waals surface area contributed by atoms with Gasteiger partial charge in [0.25, 0.3) is 0 Å². The molecule has 1 heterocycles. The van der Waals surface area contributed by atoms with Gasteiger partial charge < -0.3 is 5.32 Å². The Morgan fingerprint density at radius 1 is 1.44 bits per heavy atom. The molecular formula is C13H23N3. The lowest BCUT2D eigenvalue weighted by atomic mass is 9.65. The van der Waals surface area contributed by atoms with Crippen LogP contribution in [0.2, 0.25) is 0 Å². The van der Waals surface area contributed by atoms with Gasteiger partial charge in [0.1, 0.15) is 0 Å². The van der Waals surface area contributed by atoms with Crippen molar-refractivity contribution in [2.24, 2.45) is 5.92 Å². The number of aryl methyl sites for hydroxylation is 1. The van der Waals surface area contributed by atoms with Crippen LogP contribution >= 0.6 is 0 Å². The maximum absolute atomic E-state index is 4.37. The van der Waals surface area contributed by atoms with Crippen molar-refractivity contribution in [3.63, 3.8) is 0 Å². The minimum atomic E-state index is 0.727.